The Morgan fingerprint density at radius 3 is 2.00 bits per heavy atom. The molecule has 3 rings (SSSR count). The number of carbonyl (C=O) groups excluding carboxylic acids is 1. The summed E-state index contributed by atoms with van der Waals surface area (Å²) in [5.74, 6) is 0.620. The van der Waals surface area contributed by atoms with E-state index in [9.17, 15) is 4.79 Å². The van der Waals surface area contributed by atoms with E-state index in [0.717, 1.165) is 27.7 Å². The van der Waals surface area contributed by atoms with E-state index in [2.05, 4.69) is 90.5 Å². The van der Waals surface area contributed by atoms with Gasteiger partial charge in [0.2, 0.25) is 0 Å². The number of Topliss-reactive ketones (excluding diaryl/α,β-unsaturated/α-hetero) is 1. The Bertz CT molecular complexity index is 928. The fraction of sp³-hybridized carbons (Fsp3) is 0.269. The van der Waals surface area contributed by atoms with Crippen molar-refractivity contribution in [2.24, 2.45) is 0 Å². The first-order chi connectivity index (χ1) is 14.0. The number of halogens is 1. The summed E-state index contributed by atoms with van der Waals surface area (Å²) in [7, 11) is 0. The molecule has 0 amide bonds. The largest absolute Gasteiger partial charge is 0.378 e. The van der Waals surface area contributed by atoms with Gasteiger partial charge in [-0.1, -0.05) is 85.2 Å². The fourth-order valence-corrected chi connectivity index (χ4v) is 3.61. The average Bonchev–Trinajstić information content (AvgIpc) is 2.74. The van der Waals surface area contributed by atoms with Gasteiger partial charge in [-0.2, -0.15) is 0 Å². The van der Waals surface area contributed by atoms with E-state index in [1.165, 1.54) is 11.1 Å². The molecule has 0 bridgehead atoms. The van der Waals surface area contributed by atoms with Gasteiger partial charge in [0.05, 0.1) is 6.04 Å². The second-order valence-corrected chi connectivity index (χ2v) is 8.62. The number of carbonyl (C=O) groups is 1. The highest BCUT2D eigenvalue weighted by atomic mass is 79.9. The first-order valence-corrected chi connectivity index (χ1v) is 11.0. The molecular formula is C26H28BrNO. The highest BCUT2D eigenvalue weighted by Gasteiger charge is 2.18. The van der Waals surface area contributed by atoms with Gasteiger partial charge < -0.3 is 5.32 Å². The minimum absolute atomic E-state index is 0.0835. The lowest BCUT2D eigenvalue weighted by molar-refractivity contribution is 0.0976. The van der Waals surface area contributed by atoms with Crippen LogP contribution in [0.1, 0.15) is 66.2 Å². The Hall–Kier alpha value is -2.39. The van der Waals surface area contributed by atoms with Crippen molar-refractivity contribution in [1.29, 1.82) is 0 Å². The van der Waals surface area contributed by atoms with E-state index < -0.39 is 0 Å². The van der Waals surface area contributed by atoms with Crippen LogP contribution in [0.15, 0.2) is 77.3 Å². The molecule has 150 valence electrons. The van der Waals surface area contributed by atoms with Gasteiger partial charge in [0.25, 0.3) is 0 Å². The first-order valence-electron chi connectivity index (χ1n) is 10.2. The molecule has 0 fully saturated rings. The van der Waals surface area contributed by atoms with Gasteiger partial charge in [-0.15, -0.1) is 0 Å². The van der Waals surface area contributed by atoms with Crippen LogP contribution < -0.4 is 5.32 Å². The van der Waals surface area contributed by atoms with Crippen LogP contribution in [0.5, 0.6) is 0 Å². The van der Waals surface area contributed by atoms with Gasteiger partial charge in [-0.25, -0.2) is 0 Å². The highest BCUT2D eigenvalue weighted by Crippen LogP contribution is 2.27. The maximum atomic E-state index is 13.0. The Kier molecular flexibility index (Phi) is 7.27. The molecule has 1 unspecified atom stereocenters. The predicted octanol–water partition coefficient (Wildman–Crippen LogP) is 7.56. The minimum atomic E-state index is -0.0835. The molecule has 0 saturated heterocycles. The van der Waals surface area contributed by atoms with Crippen molar-refractivity contribution in [2.45, 2.75) is 45.6 Å². The highest BCUT2D eigenvalue weighted by molar-refractivity contribution is 9.10. The molecule has 0 saturated carbocycles. The second kappa shape index (κ2) is 9.89. The molecule has 0 aliphatic rings. The smallest absolute Gasteiger partial charge is 0.165 e. The lowest BCUT2D eigenvalue weighted by Gasteiger charge is -2.21. The fourth-order valence-electron chi connectivity index (χ4n) is 3.34. The molecule has 2 nitrogen and oxygen atoms in total. The molecule has 3 aromatic carbocycles. The molecular weight excluding hydrogens is 422 g/mol. The summed E-state index contributed by atoms with van der Waals surface area (Å²) in [5, 5.41) is 3.58. The van der Waals surface area contributed by atoms with Crippen LogP contribution in [0.25, 0.3) is 0 Å². The van der Waals surface area contributed by atoms with Crippen LogP contribution in [0.3, 0.4) is 0 Å². The average molecular weight is 450 g/mol. The SMILES string of the molecule is CCc1ccc(NC(CC(=O)c2ccc(Br)cc2)c2ccc(C(C)C)cc2)cc1. The number of anilines is 1. The quantitative estimate of drug-likeness (QED) is 0.359. The molecule has 0 spiro atoms. The Labute approximate surface area is 182 Å². The Balaban J connectivity index is 1.85. The summed E-state index contributed by atoms with van der Waals surface area (Å²) >= 11 is 3.43. The molecule has 29 heavy (non-hydrogen) atoms. The van der Waals surface area contributed by atoms with Gasteiger partial charge in [-0.05, 0) is 53.3 Å². The van der Waals surface area contributed by atoms with Crippen LogP contribution >= 0.6 is 15.9 Å². The van der Waals surface area contributed by atoms with Crippen molar-refractivity contribution in [1.82, 2.24) is 0 Å². The van der Waals surface area contributed by atoms with E-state index in [-0.39, 0.29) is 11.8 Å². The summed E-state index contributed by atoms with van der Waals surface area (Å²) in [6.45, 7) is 6.53. The van der Waals surface area contributed by atoms with Gasteiger partial charge in [0, 0.05) is 22.1 Å². The molecule has 0 heterocycles. The van der Waals surface area contributed by atoms with Crippen LogP contribution in [0.2, 0.25) is 0 Å². The van der Waals surface area contributed by atoms with Crippen molar-refractivity contribution in [3.05, 3.63) is 99.5 Å². The second-order valence-electron chi connectivity index (χ2n) is 7.70. The summed E-state index contributed by atoms with van der Waals surface area (Å²) < 4.78 is 0.976. The number of hydrogen-bond donors (Lipinski definition) is 1. The van der Waals surface area contributed by atoms with Crippen LogP contribution in [-0.4, -0.2) is 5.78 Å². The zero-order valence-electron chi connectivity index (χ0n) is 17.3. The van der Waals surface area contributed by atoms with Gasteiger partial charge in [0.1, 0.15) is 0 Å². The van der Waals surface area contributed by atoms with Crippen molar-refractivity contribution in [2.75, 3.05) is 5.32 Å². The van der Waals surface area contributed by atoms with E-state index in [0.29, 0.717) is 12.3 Å². The van der Waals surface area contributed by atoms with Crippen molar-refractivity contribution in [3.63, 3.8) is 0 Å². The van der Waals surface area contributed by atoms with Crippen LogP contribution in [0.4, 0.5) is 5.69 Å². The molecule has 1 N–H and O–H groups in total. The summed E-state index contributed by atoms with van der Waals surface area (Å²) in [6.07, 6.45) is 1.42. The zero-order valence-corrected chi connectivity index (χ0v) is 18.9. The summed E-state index contributed by atoms with van der Waals surface area (Å²) in [5.41, 5.74) is 5.50. The van der Waals surface area contributed by atoms with Crippen molar-refractivity contribution >= 4 is 27.4 Å². The van der Waals surface area contributed by atoms with Crippen molar-refractivity contribution < 1.29 is 4.79 Å². The molecule has 0 aromatic heterocycles. The number of aryl methyl sites for hydroxylation is 1. The van der Waals surface area contributed by atoms with E-state index in [1.807, 2.05) is 24.3 Å². The Morgan fingerprint density at radius 2 is 1.45 bits per heavy atom. The van der Waals surface area contributed by atoms with E-state index in [4.69, 9.17) is 0 Å². The normalized spacial score (nSPS) is 12.0. The summed E-state index contributed by atoms with van der Waals surface area (Å²) in [4.78, 5) is 13.0. The number of rotatable bonds is 8. The molecule has 3 heteroatoms. The van der Waals surface area contributed by atoms with Gasteiger partial charge in [-0.3, -0.25) is 4.79 Å². The topological polar surface area (TPSA) is 29.1 Å². The lowest BCUT2D eigenvalue weighted by atomic mass is 9.94. The number of nitrogens with one attached hydrogen (secondary N) is 1. The van der Waals surface area contributed by atoms with E-state index in [1.54, 1.807) is 0 Å². The maximum absolute atomic E-state index is 13.0. The third-order valence-electron chi connectivity index (χ3n) is 5.26. The molecule has 0 radical (unpaired) electrons. The molecule has 0 aliphatic heterocycles. The minimum Gasteiger partial charge on any atom is -0.378 e. The van der Waals surface area contributed by atoms with E-state index >= 15 is 0 Å². The lowest BCUT2D eigenvalue weighted by Crippen LogP contribution is -2.16. The number of benzene rings is 3. The Morgan fingerprint density at radius 1 is 0.862 bits per heavy atom. The van der Waals surface area contributed by atoms with Crippen LogP contribution in [0, 0.1) is 0 Å². The predicted molar refractivity (Wildman–Crippen MR) is 126 cm³/mol. The zero-order chi connectivity index (χ0) is 20.8. The number of ketones is 1. The third-order valence-corrected chi connectivity index (χ3v) is 5.79. The van der Waals surface area contributed by atoms with Gasteiger partial charge >= 0.3 is 0 Å². The molecule has 0 aliphatic carbocycles. The van der Waals surface area contributed by atoms with Crippen molar-refractivity contribution in [3.8, 4) is 0 Å². The molecule has 3 aromatic rings. The third kappa shape index (κ3) is 5.80. The number of hydrogen-bond acceptors (Lipinski definition) is 2. The summed E-state index contributed by atoms with van der Waals surface area (Å²) in [6, 6.07) is 24.6. The monoisotopic (exact) mass is 449 g/mol. The van der Waals surface area contributed by atoms with Crippen LogP contribution in [-0.2, 0) is 6.42 Å². The van der Waals surface area contributed by atoms with Gasteiger partial charge in [0.15, 0.2) is 5.78 Å². The first kappa shape index (κ1) is 21.3. The standard InChI is InChI=1S/C26H28BrNO/c1-4-19-5-15-24(16-6-19)28-25(21-9-7-20(8-10-21)18(2)3)17-26(29)22-11-13-23(27)14-12-22/h5-16,18,25,28H,4,17H2,1-3H3. The maximum Gasteiger partial charge on any atom is 0.165 e. The molecule has 1 atom stereocenters.